The molecule has 0 aliphatic carbocycles. The first-order chi connectivity index (χ1) is 7.51. The molecule has 0 aliphatic rings. The molecule has 4 nitrogen and oxygen atoms in total. The van der Waals surface area contributed by atoms with Crippen LogP contribution >= 0.6 is 11.6 Å². The van der Waals surface area contributed by atoms with Gasteiger partial charge < -0.3 is 11.1 Å². The molecular weight excluding hydrogens is 226 g/mol. The molecule has 1 amide bonds. The first kappa shape index (κ1) is 12.9. The maximum atomic E-state index is 11.9. The quantitative estimate of drug-likeness (QED) is 0.794. The van der Waals surface area contributed by atoms with Crippen molar-refractivity contribution in [2.24, 2.45) is 5.73 Å². The molecule has 3 N–H and O–H groups in total. The van der Waals surface area contributed by atoms with Gasteiger partial charge in [-0.2, -0.15) is 0 Å². The Kier molecular flexibility index (Phi) is 4.26. The standard InChI is InChI=1S/C11H16ClN3O/c1-3-11(13,4-2)10(16)15-9-7-5-6-8(12)14-9/h5-7H,3-4,13H2,1-2H3,(H,14,15,16). The minimum atomic E-state index is -0.843. The number of carbonyl (C=O) groups is 1. The third kappa shape index (κ3) is 2.93. The number of nitrogens with one attached hydrogen (secondary N) is 1. The van der Waals surface area contributed by atoms with Crippen LogP contribution in [-0.4, -0.2) is 16.4 Å². The van der Waals surface area contributed by atoms with Gasteiger partial charge in [-0.1, -0.05) is 31.5 Å². The molecule has 0 unspecified atom stereocenters. The van der Waals surface area contributed by atoms with Crippen molar-refractivity contribution in [3.63, 3.8) is 0 Å². The van der Waals surface area contributed by atoms with E-state index in [-0.39, 0.29) is 5.91 Å². The van der Waals surface area contributed by atoms with E-state index in [9.17, 15) is 4.79 Å². The first-order valence-corrected chi connectivity index (χ1v) is 5.62. The van der Waals surface area contributed by atoms with Gasteiger partial charge in [0.2, 0.25) is 5.91 Å². The number of rotatable bonds is 4. The molecule has 88 valence electrons. The highest BCUT2D eigenvalue weighted by molar-refractivity contribution is 6.29. The number of aromatic nitrogens is 1. The van der Waals surface area contributed by atoms with Gasteiger partial charge in [0.15, 0.2) is 0 Å². The van der Waals surface area contributed by atoms with E-state index in [1.807, 2.05) is 13.8 Å². The molecule has 1 aromatic heterocycles. The van der Waals surface area contributed by atoms with Crippen LogP contribution in [0.25, 0.3) is 0 Å². The van der Waals surface area contributed by atoms with Crippen LogP contribution in [0.4, 0.5) is 5.82 Å². The predicted octanol–water partition coefficient (Wildman–Crippen LogP) is 2.19. The Hall–Kier alpha value is -1.13. The van der Waals surface area contributed by atoms with Crippen molar-refractivity contribution in [3.8, 4) is 0 Å². The number of hydrogen-bond acceptors (Lipinski definition) is 3. The Balaban J connectivity index is 2.78. The van der Waals surface area contributed by atoms with Crippen molar-refractivity contribution in [2.75, 3.05) is 5.32 Å². The lowest BCUT2D eigenvalue weighted by Gasteiger charge is -2.24. The van der Waals surface area contributed by atoms with Crippen LogP contribution in [-0.2, 0) is 4.79 Å². The Morgan fingerprint density at radius 2 is 2.12 bits per heavy atom. The van der Waals surface area contributed by atoms with Crippen LogP contribution in [0.5, 0.6) is 0 Å². The monoisotopic (exact) mass is 241 g/mol. The molecule has 0 saturated heterocycles. The molecule has 1 aromatic rings. The van der Waals surface area contributed by atoms with Gasteiger partial charge in [-0.3, -0.25) is 4.79 Å². The van der Waals surface area contributed by atoms with Crippen molar-refractivity contribution >= 4 is 23.3 Å². The Labute approximate surface area is 100 Å². The molecule has 0 radical (unpaired) electrons. The number of nitrogens with zero attached hydrogens (tertiary/aromatic N) is 1. The summed E-state index contributed by atoms with van der Waals surface area (Å²) in [4.78, 5) is 15.9. The largest absolute Gasteiger partial charge is 0.317 e. The smallest absolute Gasteiger partial charge is 0.245 e. The summed E-state index contributed by atoms with van der Waals surface area (Å²) in [6.45, 7) is 3.77. The van der Waals surface area contributed by atoms with Crippen molar-refractivity contribution < 1.29 is 4.79 Å². The Morgan fingerprint density at radius 3 is 2.62 bits per heavy atom. The van der Waals surface area contributed by atoms with Gasteiger partial charge >= 0.3 is 0 Å². The summed E-state index contributed by atoms with van der Waals surface area (Å²) in [7, 11) is 0. The molecule has 0 aliphatic heterocycles. The van der Waals surface area contributed by atoms with E-state index in [2.05, 4.69) is 10.3 Å². The summed E-state index contributed by atoms with van der Waals surface area (Å²) in [5.41, 5.74) is 5.11. The Bertz CT molecular complexity index is 377. The fraction of sp³-hybridized carbons (Fsp3) is 0.455. The highest BCUT2D eigenvalue weighted by atomic mass is 35.5. The summed E-state index contributed by atoms with van der Waals surface area (Å²) in [6, 6.07) is 5.04. The normalized spacial score (nSPS) is 11.2. The van der Waals surface area contributed by atoms with E-state index in [4.69, 9.17) is 17.3 Å². The number of anilines is 1. The second-order valence-corrected chi connectivity index (χ2v) is 4.05. The van der Waals surface area contributed by atoms with Crippen molar-refractivity contribution in [3.05, 3.63) is 23.4 Å². The molecule has 0 atom stereocenters. The summed E-state index contributed by atoms with van der Waals surface area (Å²) < 4.78 is 0. The highest BCUT2D eigenvalue weighted by Gasteiger charge is 2.30. The lowest BCUT2D eigenvalue weighted by molar-refractivity contribution is -0.121. The molecule has 1 rings (SSSR count). The van der Waals surface area contributed by atoms with Crippen LogP contribution in [0.3, 0.4) is 0 Å². The average molecular weight is 242 g/mol. The second-order valence-electron chi connectivity index (χ2n) is 3.66. The van der Waals surface area contributed by atoms with Crippen LogP contribution in [0.2, 0.25) is 5.15 Å². The molecule has 0 bridgehead atoms. The van der Waals surface area contributed by atoms with Gasteiger partial charge in [0.25, 0.3) is 0 Å². The minimum absolute atomic E-state index is 0.229. The zero-order valence-corrected chi connectivity index (χ0v) is 10.2. The second kappa shape index (κ2) is 5.27. The van der Waals surface area contributed by atoms with Gasteiger partial charge in [-0.05, 0) is 25.0 Å². The topological polar surface area (TPSA) is 68.0 Å². The number of nitrogens with two attached hydrogens (primary N) is 1. The van der Waals surface area contributed by atoms with E-state index in [1.54, 1.807) is 18.2 Å². The van der Waals surface area contributed by atoms with Gasteiger partial charge in [-0.25, -0.2) is 4.98 Å². The maximum Gasteiger partial charge on any atom is 0.245 e. The fourth-order valence-electron chi connectivity index (χ4n) is 1.29. The zero-order valence-electron chi connectivity index (χ0n) is 9.46. The predicted molar refractivity (Wildman–Crippen MR) is 65.4 cm³/mol. The molecular formula is C11H16ClN3O. The van der Waals surface area contributed by atoms with Crippen LogP contribution in [0.15, 0.2) is 18.2 Å². The Morgan fingerprint density at radius 1 is 1.50 bits per heavy atom. The molecule has 0 aromatic carbocycles. The molecule has 1 heterocycles. The third-order valence-corrected chi connectivity index (χ3v) is 2.88. The van der Waals surface area contributed by atoms with E-state index in [1.165, 1.54) is 0 Å². The van der Waals surface area contributed by atoms with E-state index in [0.717, 1.165) is 0 Å². The number of hydrogen-bond donors (Lipinski definition) is 2. The highest BCUT2D eigenvalue weighted by Crippen LogP contribution is 2.15. The van der Waals surface area contributed by atoms with Crippen molar-refractivity contribution in [1.29, 1.82) is 0 Å². The van der Waals surface area contributed by atoms with Crippen LogP contribution < -0.4 is 11.1 Å². The lowest BCUT2D eigenvalue weighted by Crippen LogP contribution is -2.50. The van der Waals surface area contributed by atoms with E-state index < -0.39 is 5.54 Å². The van der Waals surface area contributed by atoms with E-state index in [0.29, 0.717) is 23.8 Å². The maximum absolute atomic E-state index is 11.9. The summed E-state index contributed by atoms with van der Waals surface area (Å²) in [6.07, 6.45) is 1.16. The van der Waals surface area contributed by atoms with Crippen molar-refractivity contribution in [1.82, 2.24) is 4.98 Å². The van der Waals surface area contributed by atoms with Crippen LogP contribution in [0.1, 0.15) is 26.7 Å². The number of carbonyl (C=O) groups excluding carboxylic acids is 1. The third-order valence-electron chi connectivity index (χ3n) is 2.67. The van der Waals surface area contributed by atoms with E-state index >= 15 is 0 Å². The fourth-order valence-corrected chi connectivity index (χ4v) is 1.45. The zero-order chi connectivity index (χ0) is 12.2. The first-order valence-electron chi connectivity index (χ1n) is 5.24. The molecule has 0 saturated carbocycles. The minimum Gasteiger partial charge on any atom is -0.317 e. The lowest BCUT2D eigenvalue weighted by atomic mass is 9.93. The van der Waals surface area contributed by atoms with Gasteiger partial charge in [0.1, 0.15) is 11.0 Å². The van der Waals surface area contributed by atoms with Gasteiger partial charge in [0, 0.05) is 0 Å². The molecule has 5 heteroatoms. The number of amides is 1. The summed E-state index contributed by atoms with van der Waals surface area (Å²) in [5, 5.41) is 3.01. The summed E-state index contributed by atoms with van der Waals surface area (Å²) >= 11 is 5.72. The van der Waals surface area contributed by atoms with Gasteiger partial charge in [0.05, 0.1) is 5.54 Å². The number of pyridine rings is 1. The molecule has 0 fully saturated rings. The molecule has 0 spiro atoms. The average Bonchev–Trinajstić information content (AvgIpc) is 2.28. The van der Waals surface area contributed by atoms with Crippen LogP contribution in [0, 0.1) is 0 Å². The SMILES string of the molecule is CCC(N)(CC)C(=O)Nc1cccc(Cl)n1. The molecule has 16 heavy (non-hydrogen) atoms. The van der Waals surface area contributed by atoms with Crippen molar-refractivity contribution in [2.45, 2.75) is 32.2 Å². The summed E-state index contributed by atoms with van der Waals surface area (Å²) in [5.74, 6) is 0.196. The van der Waals surface area contributed by atoms with Gasteiger partial charge in [-0.15, -0.1) is 0 Å². The number of halogens is 1.